The van der Waals surface area contributed by atoms with Crippen LogP contribution in [0.1, 0.15) is 31.7 Å². The molecule has 1 fully saturated rings. The van der Waals surface area contributed by atoms with Gasteiger partial charge in [-0.2, -0.15) is 0 Å². The van der Waals surface area contributed by atoms with Gasteiger partial charge in [0.25, 0.3) is 0 Å². The molecule has 4 heteroatoms. The Hall–Kier alpha value is -0.640. The Bertz CT molecular complexity index is 405. The number of piperidine rings is 1. The van der Waals surface area contributed by atoms with Crippen LogP contribution in [0.15, 0.2) is 18.2 Å². The summed E-state index contributed by atoms with van der Waals surface area (Å²) in [5.41, 5.74) is 1.00. The van der Waals surface area contributed by atoms with Crippen molar-refractivity contribution in [3.63, 3.8) is 0 Å². The van der Waals surface area contributed by atoms with E-state index in [1.54, 1.807) is 6.07 Å². The highest BCUT2D eigenvalue weighted by molar-refractivity contribution is 6.31. The SMILES string of the molecule is CCN(Cc1ccc(F)cc1Cl)CC1CCCCN1. The highest BCUT2D eigenvalue weighted by Gasteiger charge is 2.16. The number of benzene rings is 1. The minimum absolute atomic E-state index is 0.272. The monoisotopic (exact) mass is 284 g/mol. The standard InChI is InChI=1S/C15H22ClFN2/c1-2-19(11-14-5-3-4-8-18-14)10-12-6-7-13(17)9-15(12)16/h6-7,9,14,18H,2-5,8,10-11H2,1H3. The predicted octanol–water partition coefficient (Wildman–Crippen LogP) is 3.44. The molecule has 1 aliphatic heterocycles. The van der Waals surface area contributed by atoms with Crippen LogP contribution < -0.4 is 5.32 Å². The second kappa shape index (κ2) is 7.22. The second-order valence-electron chi connectivity index (χ2n) is 5.21. The molecule has 1 unspecified atom stereocenters. The first-order chi connectivity index (χ1) is 9.19. The molecule has 0 aromatic heterocycles. The van der Waals surface area contributed by atoms with E-state index in [9.17, 15) is 4.39 Å². The summed E-state index contributed by atoms with van der Waals surface area (Å²) in [7, 11) is 0. The Balaban J connectivity index is 1.94. The third-order valence-electron chi connectivity index (χ3n) is 3.75. The largest absolute Gasteiger partial charge is 0.313 e. The zero-order valence-corrected chi connectivity index (χ0v) is 12.2. The fourth-order valence-electron chi connectivity index (χ4n) is 2.59. The average Bonchev–Trinajstić information content (AvgIpc) is 2.42. The Labute approximate surface area is 119 Å². The Morgan fingerprint density at radius 1 is 1.42 bits per heavy atom. The van der Waals surface area contributed by atoms with Crippen molar-refractivity contribution in [2.75, 3.05) is 19.6 Å². The summed E-state index contributed by atoms with van der Waals surface area (Å²) in [6.07, 6.45) is 3.84. The van der Waals surface area contributed by atoms with Crippen LogP contribution in [0.3, 0.4) is 0 Å². The Morgan fingerprint density at radius 3 is 2.89 bits per heavy atom. The van der Waals surface area contributed by atoms with Gasteiger partial charge in [0.1, 0.15) is 5.82 Å². The summed E-state index contributed by atoms with van der Waals surface area (Å²) >= 11 is 6.09. The zero-order chi connectivity index (χ0) is 13.7. The molecule has 0 saturated carbocycles. The number of rotatable bonds is 5. The lowest BCUT2D eigenvalue weighted by molar-refractivity contribution is 0.226. The van der Waals surface area contributed by atoms with E-state index in [4.69, 9.17) is 11.6 Å². The van der Waals surface area contributed by atoms with Crippen molar-refractivity contribution >= 4 is 11.6 Å². The summed E-state index contributed by atoms with van der Waals surface area (Å²) in [5, 5.41) is 4.08. The molecule has 1 atom stereocenters. The first kappa shape index (κ1) is 14.8. The van der Waals surface area contributed by atoms with Gasteiger partial charge in [-0.15, -0.1) is 0 Å². The molecule has 0 bridgehead atoms. The van der Waals surface area contributed by atoms with Gasteiger partial charge in [-0.1, -0.05) is 31.0 Å². The van der Waals surface area contributed by atoms with Crippen LogP contribution in [-0.2, 0) is 6.54 Å². The van der Waals surface area contributed by atoms with Gasteiger partial charge >= 0.3 is 0 Å². The fourth-order valence-corrected chi connectivity index (χ4v) is 2.81. The third kappa shape index (κ3) is 4.44. The number of hydrogen-bond acceptors (Lipinski definition) is 2. The predicted molar refractivity (Wildman–Crippen MR) is 78.0 cm³/mol. The van der Waals surface area contributed by atoms with E-state index in [1.807, 2.05) is 0 Å². The molecule has 106 valence electrons. The van der Waals surface area contributed by atoms with Crippen LogP contribution in [0.2, 0.25) is 5.02 Å². The second-order valence-corrected chi connectivity index (χ2v) is 5.62. The van der Waals surface area contributed by atoms with Crippen molar-refractivity contribution < 1.29 is 4.39 Å². The molecule has 1 N–H and O–H groups in total. The number of likely N-dealkylation sites (N-methyl/N-ethyl adjacent to an activating group) is 1. The van der Waals surface area contributed by atoms with Crippen LogP contribution in [0.5, 0.6) is 0 Å². The number of halogens is 2. The quantitative estimate of drug-likeness (QED) is 0.891. The van der Waals surface area contributed by atoms with Crippen LogP contribution in [-0.4, -0.2) is 30.6 Å². The Kier molecular flexibility index (Phi) is 5.61. The lowest BCUT2D eigenvalue weighted by Gasteiger charge is -2.30. The van der Waals surface area contributed by atoms with E-state index >= 15 is 0 Å². The van der Waals surface area contributed by atoms with Crippen molar-refractivity contribution in [3.8, 4) is 0 Å². The van der Waals surface area contributed by atoms with Crippen molar-refractivity contribution in [3.05, 3.63) is 34.6 Å². The number of nitrogens with zero attached hydrogens (tertiary/aromatic N) is 1. The van der Waals surface area contributed by atoms with E-state index in [0.717, 1.165) is 31.7 Å². The third-order valence-corrected chi connectivity index (χ3v) is 4.10. The minimum atomic E-state index is -0.272. The van der Waals surface area contributed by atoms with E-state index in [0.29, 0.717) is 11.1 Å². The van der Waals surface area contributed by atoms with E-state index < -0.39 is 0 Å². The molecular weight excluding hydrogens is 263 g/mol. The van der Waals surface area contributed by atoms with E-state index in [2.05, 4.69) is 17.1 Å². The van der Waals surface area contributed by atoms with Crippen molar-refractivity contribution in [2.24, 2.45) is 0 Å². The van der Waals surface area contributed by atoms with Gasteiger partial charge in [-0.25, -0.2) is 4.39 Å². The van der Waals surface area contributed by atoms with Gasteiger partial charge in [-0.3, -0.25) is 4.90 Å². The summed E-state index contributed by atoms with van der Waals surface area (Å²) in [5.74, 6) is -0.272. The van der Waals surface area contributed by atoms with Gasteiger partial charge in [-0.05, 0) is 43.6 Å². The number of hydrogen-bond donors (Lipinski definition) is 1. The molecule has 0 spiro atoms. The lowest BCUT2D eigenvalue weighted by atomic mass is 10.0. The van der Waals surface area contributed by atoms with Gasteiger partial charge in [0, 0.05) is 24.2 Å². The van der Waals surface area contributed by atoms with Crippen molar-refractivity contribution in [2.45, 2.75) is 38.8 Å². The van der Waals surface area contributed by atoms with Crippen LogP contribution >= 0.6 is 11.6 Å². The molecule has 1 aromatic carbocycles. The molecule has 19 heavy (non-hydrogen) atoms. The summed E-state index contributed by atoms with van der Waals surface area (Å²) in [6, 6.07) is 5.24. The maximum atomic E-state index is 13.0. The van der Waals surface area contributed by atoms with Gasteiger partial charge in [0.05, 0.1) is 0 Å². The first-order valence-electron chi connectivity index (χ1n) is 7.08. The normalized spacial score (nSPS) is 19.9. The maximum Gasteiger partial charge on any atom is 0.124 e. The van der Waals surface area contributed by atoms with Gasteiger partial charge in [0.2, 0.25) is 0 Å². The molecule has 1 heterocycles. The fraction of sp³-hybridized carbons (Fsp3) is 0.600. The van der Waals surface area contributed by atoms with Gasteiger partial charge < -0.3 is 5.32 Å². The molecule has 2 nitrogen and oxygen atoms in total. The van der Waals surface area contributed by atoms with Crippen LogP contribution in [0.25, 0.3) is 0 Å². The average molecular weight is 285 g/mol. The lowest BCUT2D eigenvalue weighted by Crippen LogP contribution is -2.43. The first-order valence-corrected chi connectivity index (χ1v) is 7.46. The van der Waals surface area contributed by atoms with Crippen molar-refractivity contribution in [1.82, 2.24) is 10.2 Å². The molecule has 1 aliphatic rings. The van der Waals surface area contributed by atoms with E-state index in [1.165, 1.54) is 31.4 Å². The Morgan fingerprint density at radius 2 is 2.26 bits per heavy atom. The van der Waals surface area contributed by atoms with Gasteiger partial charge in [0.15, 0.2) is 0 Å². The summed E-state index contributed by atoms with van der Waals surface area (Å²) in [6.45, 7) is 6.07. The van der Waals surface area contributed by atoms with Crippen LogP contribution in [0.4, 0.5) is 4.39 Å². The summed E-state index contributed by atoms with van der Waals surface area (Å²) < 4.78 is 13.0. The molecule has 1 saturated heterocycles. The molecule has 0 radical (unpaired) electrons. The highest BCUT2D eigenvalue weighted by Crippen LogP contribution is 2.19. The molecule has 2 rings (SSSR count). The van der Waals surface area contributed by atoms with E-state index in [-0.39, 0.29) is 5.82 Å². The highest BCUT2D eigenvalue weighted by atomic mass is 35.5. The molecular formula is C15H22ClFN2. The maximum absolute atomic E-state index is 13.0. The molecule has 0 amide bonds. The van der Waals surface area contributed by atoms with Crippen LogP contribution in [0, 0.1) is 5.82 Å². The molecule has 1 aromatic rings. The van der Waals surface area contributed by atoms with Crippen molar-refractivity contribution in [1.29, 1.82) is 0 Å². The number of nitrogens with one attached hydrogen (secondary N) is 1. The smallest absolute Gasteiger partial charge is 0.124 e. The zero-order valence-electron chi connectivity index (χ0n) is 11.5. The minimum Gasteiger partial charge on any atom is -0.313 e. The topological polar surface area (TPSA) is 15.3 Å². The molecule has 0 aliphatic carbocycles. The summed E-state index contributed by atoms with van der Waals surface area (Å²) in [4.78, 5) is 2.36.